The van der Waals surface area contributed by atoms with Gasteiger partial charge in [0.2, 0.25) is 21.8 Å². The molecule has 152 valence electrons. The van der Waals surface area contributed by atoms with Crippen molar-refractivity contribution < 1.29 is 30.9 Å². The molecule has 1 fully saturated rings. The number of aromatic nitrogens is 2. The minimum absolute atomic E-state index is 0.121. The van der Waals surface area contributed by atoms with Crippen LogP contribution in [-0.4, -0.2) is 30.5 Å². The van der Waals surface area contributed by atoms with E-state index in [1.54, 1.807) is 0 Å². The summed E-state index contributed by atoms with van der Waals surface area (Å²) < 4.78 is 70.8. The second-order valence-corrected chi connectivity index (χ2v) is 8.06. The van der Waals surface area contributed by atoms with Gasteiger partial charge in [0.25, 0.3) is 0 Å². The lowest BCUT2D eigenvalue weighted by molar-refractivity contribution is -0.139. The number of hydrogen-bond acceptors (Lipinski definition) is 6. The molecule has 12 heteroatoms. The molecule has 1 aliphatic rings. The van der Waals surface area contributed by atoms with Crippen molar-refractivity contribution in [2.75, 3.05) is 0 Å². The third-order valence-corrected chi connectivity index (χ3v) is 5.65. The maximum Gasteiger partial charge on any atom is 0.417 e. The normalized spacial score (nSPS) is 16.0. The Morgan fingerprint density at radius 2 is 2.00 bits per heavy atom. The highest BCUT2D eigenvalue weighted by atomic mass is 32.2. The minimum Gasteiger partial charge on any atom is -0.346 e. The van der Waals surface area contributed by atoms with Crippen LogP contribution in [0, 0.1) is 0 Å². The van der Waals surface area contributed by atoms with Gasteiger partial charge in [-0.1, -0.05) is 17.3 Å². The van der Waals surface area contributed by atoms with Crippen LogP contribution in [0.2, 0.25) is 0 Å². The lowest BCUT2D eigenvalue weighted by Gasteiger charge is -2.17. The van der Waals surface area contributed by atoms with Crippen molar-refractivity contribution >= 4 is 15.9 Å². The van der Waals surface area contributed by atoms with Gasteiger partial charge in [-0.15, -0.1) is 0 Å². The molecule has 1 aromatic carbocycles. The van der Waals surface area contributed by atoms with Crippen molar-refractivity contribution in [1.29, 1.82) is 0 Å². The number of nitrogens with zero attached hydrogens (tertiary/aromatic N) is 2. The minimum atomic E-state index is -4.85. The average molecular weight is 418 g/mol. The van der Waals surface area contributed by atoms with E-state index in [9.17, 15) is 26.4 Å². The number of rotatable bonds is 7. The quantitative estimate of drug-likeness (QED) is 0.710. The van der Waals surface area contributed by atoms with E-state index < -0.39 is 38.6 Å². The van der Waals surface area contributed by atoms with Crippen LogP contribution < -0.4 is 10.0 Å². The van der Waals surface area contributed by atoms with Crippen molar-refractivity contribution in [3.63, 3.8) is 0 Å². The zero-order valence-electron chi connectivity index (χ0n) is 14.7. The fourth-order valence-corrected chi connectivity index (χ4v) is 3.88. The lowest BCUT2D eigenvalue weighted by Crippen LogP contribution is -2.44. The van der Waals surface area contributed by atoms with Crippen LogP contribution in [0.1, 0.15) is 43.0 Å². The molecule has 0 bridgehead atoms. The molecule has 2 aromatic rings. The van der Waals surface area contributed by atoms with E-state index >= 15 is 0 Å². The number of alkyl halides is 3. The molecular formula is C16H17F3N4O4S. The first-order valence-corrected chi connectivity index (χ1v) is 9.85. The van der Waals surface area contributed by atoms with Gasteiger partial charge in [-0.05, 0) is 31.9 Å². The molecule has 1 aliphatic carbocycles. The maximum absolute atomic E-state index is 13.1. The summed E-state index contributed by atoms with van der Waals surface area (Å²) in [6.07, 6.45) is -2.90. The Balaban J connectivity index is 1.64. The van der Waals surface area contributed by atoms with E-state index in [0.717, 1.165) is 25.0 Å². The number of halogens is 3. The monoisotopic (exact) mass is 418 g/mol. The number of sulfonamides is 1. The second-order valence-electron chi connectivity index (χ2n) is 6.38. The largest absolute Gasteiger partial charge is 0.417 e. The Labute approximate surface area is 158 Å². The van der Waals surface area contributed by atoms with Crippen molar-refractivity contribution in [3.05, 3.63) is 41.5 Å². The zero-order valence-corrected chi connectivity index (χ0v) is 15.5. The summed E-state index contributed by atoms with van der Waals surface area (Å²) in [6.45, 7) is 1.09. The first-order valence-electron chi connectivity index (χ1n) is 8.36. The summed E-state index contributed by atoms with van der Waals surface area (Å²) in [5.74, 6) is 0.237. The standard InChI is InChI=1S/C16H17F3N4O4S/c1-9(15(24)20-8-13-21-14(22-27-13)10-6-7-10)23-28(25,26)12-5-3-2-4-11(12)16(17,18)19/h2-5,9-10,23H,6-8H2,1H3,(H,20,24)/t9-/m0/s1. The number of carbonyl (C=O) groups excluding carboxylic acids is 1. The highest BCUT2D eigenvalue weighted by Crippen LogP contribution is 2.38. The van der Waals surface area contributed by atoms with Crippen LogP contribution in [0.4, 0.5) is 13.2 Å². The summed E-state index contributed by atoms with van der Waals surface area (Å²) in [4.78, 5) is 15.3. The predicted octanol–water partition coefficient (Wildman–Crippen LogP) is 1.95. The Kier molecular flexibility index (Phi) is 5.44. The van der Waals surface area contributed by atoms with Crippen molar-refractivity contribution in [2.24, 2.45) is 0 Å². The van der Waals surface area contributed by atoms with Gasteiger partial charge in [-0.3, -0.25) is 4.79 Å². The molecule has 3 rings (SSSR count). The SMILES string of the molecule is C[C@H](NS(=O)(=O)c1ccccc1C(F)(F)F)C(=O)NCc1nc(C2CC2)no1. The molecule has 2 N–H and O–H groups in total. The van der Waals surface area contributed by atoms with E-state index in [-0.39, 0.29) is 18.4 Å². The first kappa shape index (κ1) is 20.3. The second kappa shape index (κ2) is 7.51. The van der Waals surface area contributed by atoms with Crippen molar-refractivity contribution in [3.8, 4) is 0 Å². The van der Waals surface area contributed by atoms with Crippen molar-refractivity contribution in [2.45, 2.75) is 49.3 Å². The molecule has 1 aromatic heterocycles. The van der Waals surface area contributed by atoms with E-state index in [1.807, 2.05) is 4.72 Å². The Morgan fingerprint density at radius 1 is 1.32 bits per heavy atom. The molecule has 0 spiro atoms. The van der Waals surface area contributed by atoms with Gasteiger partial charge in [0.05, 0.1) is 23.0 Å². The van der Waals surface area contributed by atoms with Crippen LogP contribution in [0.5, 0.6) is 0 Å². The Hall–Kier alpha value is -2.47. The fraction of sp³-hybridized carbons (Fsp3) is 0.438. The number of carbonyl (C=O) groups is 1. The van der Waals surface area contributed by atoms with E-state index in [4.69, 9.17) is 4.52 Å². The highest BCUT2D eigenvalue weighted by Gasteiger charge is 2.37. The van der Waals surface area contributed by atoms with Crippen LogP contribution in [0.25, 0.3) is 0 Å². The molecule has 1 heterocycles. The topological polar surface area (TPSA) is 114 Å². The Morgan fingerprint density at radius 3 is 2.64 bits per heavy atom. The van der Waals surface area contributed by atoms with E-state index in [1.165, 1.54) is 13.0 Å². The summed E-state index contributed by atoms with van der Waals surface area (Å²) in [5, 5.41) is 6.18. The number of benzene rings is 1. The number of amides is 1. The zero-order chi connectivity index (χ0) is 20.5. The highest BCUT2D eigenvalue weighted by molar-refractivity contribution is 7.89. The summed E-state index contributed by atoms with van der Waals surface area (Å²) in [7, 11) is -4.58. The predicted molar refractivity (Wildman–Crippen MR) is 89.3 cm³/mol. The van der Waals surface area contributed by atoms with Crippen LogP contribution >= 0.6 is 0 Å². The molecule has 0 unspecified atom stereocenters. The van der Waals surface area contributed by atoms with Crippen LogP contribution in [0.3, 0.4) is 0 Å². The summed E-state index contributed by atoms with van der Waals surface area (Å²) >= 11 is 0. The molecule has 1 atom stereocenters. The smallest absolute Gasteiger partial charge is 0.346 e. The van der Waals surface area contributed by atoms with Gasteiger partial charge in [0.1, 0.15) is 0 Å². The molecule has 8 nitrogen and oxygen atoms in total. The van der Waals surface area contributed by atoms with E-state index in [0.29, 0.717) is 11.9 Å². The van der Waals surface area contributed by atoms with Crippen LogP contribution in [-0.2, 0) is 27.5 Å². The molecule has 0 saturated heterocycles. The lowest BCUT2D eigenvalue weighted by atomic mass is 10.2. The third kappa shape index (κ3) is 4.68. The first-order chi connectivity index (χ1) is 13.1. The molecule has 0 aliphatic heterocycles. The van der Waals surface area contributed by atoms with E-state index in [2.05, 4.69) is 15.5 Å². The fourth-order valence-electron chi connectivity index (χ4n) is 2.45. The van der Waals surface area contributed by atoms with Gasteiger partial charge in [0.15, 0.2) is 5.82 Å². The van der Waals surface area contributed by atoms with Gasteiger partial charge in [-0.2, -0.15) is 22.9 Å². The number of hydrogen-bond donors (Lipinski definition) is 2. The van der Waals surface area contributed by atoms with Crippen molar-refractivity contribution in [1.82, 2.24) is 20.2 Å². The Bertz CT molecular complexity index is 970. The van der Waals surface area contributed by atoms with Gasteiger partial charge in [0, 0.05) is 5.92 Å². The van der Waals surface area contributed by atoms with Crippen LogP contribution in [0.15, 0.2) is 33.7 Å². The third-order valence-electron chi connectivity index (χ3n) is 4.05. The van der Waals surface area contributed by atoms with Gasteiger partial charge >= 0.3 is 6.18 Å². The molecule has 1 saturated carbocycles. The average Bonchev–Trinajstić information content (AvgIpc) is 3.37. The maximum atomic E-state index is 13.1. The molecule has 28 heavy (non-hydrogen) atoms. The molecule has 0 radical (unpaired) electrons. The molecular weight excluding hydrogens is 401 g/mol. The summed E-state index contributed by atoms with van der Waals surface area (Å²) in [6, 6.07) is 2.41. The van der Waals surface area contributed by atoms with Gasteiger partial charge in [-0.25, -0.2) is 8.42 Å². The van der Waals surface area contributed by atoms with Gasteiger partial charge < -0.3 is 9.84 Å². The number of nitrogens with one attached hydrogen (secondary N) is 2. The summed E-state index contributed by atoms with van der Waals surface area (Å²) in [5.41, 5.74) is -1.31. The molecule has 1 amide bonds.